The Kier molecular flexibility index (Phi) is 7.11. The first-order valence-corrected chi connectivity index (χ1v) is 13.2. The van der Waals surface area contributed by atoms with E-state index in [9.17, 15) is 19.2 Å². The van der Waals surface area contributed by atoms with Crippen LogP contribution < -0.4 is 14.8 Å². The number of hydrogen-bond acceptors (Lipinski definition) is 6. The zero-order chi connectivity index (χ0) is 28.4. The lowest BCUT2D eigenvalue weighted by molar-refractivity contribution is -0.120. The molecule has 0 N–H and O–H groups in total. The molecule has 2 aromatic carbocycles. The molecule has 0 aliphatic rings. The summed E-state index contributed by atoms with van der Waals surface area (Å²) in [6, 6.07) is 20.6. The van der Waals surface area contributed by atoms with E-state index in [4.69, 9.17) is 5.10 Å². The van der Waals surface area contributed by atoms with Crippen molar-refractivity contribution in [2.75, 3.05) is 0 Å². The number of aromatic nitrogens is 4. The Bertz CT molecular complexity index is 1930. The quantitative estimate of drug-likeness (QED) is 0.324. The van der Waals surface area contributed by atoms with Crippen LogP contribution in [0, 0.1) is 22.6 Å². The molecule has 3 aromatic heterocycles. The van der Waals surface area contributed by atoms with Crippen LogP contribution in [0.1, 0.15) is 26.3 Å². The summed E-state index contributed by atoms with van der Waals surface area (Å²) in [5, 5.41) is 14.8. The number of pyridine rings is 1. The van der Waals surface area contributed by atoms with Gasteiger partial charge in [0.1, 0.15) is 27.8 Å². The number of para-hydroxylation sites is 1. The average molecular weight is 550 g/mol. The van der Waals surface area contributed by atoms with Crippen molar-refractivity contribution in [2.24, 2.45) is 5.41 Å². The Morgan fingerprint density at radius 1 is 1.02 bits per heavy atom. The lowest BCUT2D eigenvalue weighted by atomic mass is 9.87. The molecular formula is C31H24FN5O2S. The summed E-state index contributed by atoms with van der Waals surface area (Å²) in [6.07, 6.45) is 6.87. The number of ketones is 1. The molecule has 40 heavy (non-hydrogen) atoms. The number of carbonyl (C=O) groups excluding carboxylic acids is 1. The molecule has 0 saturated carbocycles. The number of Topliss-reactive ketones (excluding diaryl/α,β-unsaturated/α-hetero) is 1. The molecule has 0 unspecified atom stereocenters. The van der Waals surface area contributed by atoms with Gasteiger partial charge in [-0.1, -0.05) is 39.0 Å². The van der Waals surface area contributed by atoms with Crippen LogP contribution in [-0.4, -0.2) is 25.1 Å². The highest BCUT2D eigenvalue weighted by Gasteiger charge is 2.27. The molecule has 0 spiro atoms. The number of benzene rings is 2. The van der Waals surface area contributed by atoms with Crippen LogP contribution in [0.5, 0.6) is 0 Å². The summed E-state index contributed by atoms with van der Waals surface area (Å²) >= 11 is 1.03. The third-order valence-corrected chi connectivity index (χ3v) is 7.22. The first-order valence-electron chi connectivity index (χ1n) is 12.4. The molecule has 0 atom stereocenters. The molecule has 0 radical (unpaired) electrons. The smallest absolute Gasteiger partial charge is 0.273 e. The summed E-state index contributed by atoms with van der Waals surface area (Å²) in [6.45, 7) is 5.14. The molecule has 9 heteroatoms. The summed E-state index contributed by atoms with van der Waals surface area (Å²) < 4.78 is 17.2. The molecular weight excluding hydrogens is 525 g/mol. The number of nitriles is 1. The van der Waals surface area contributed by atoms with Crippen molar-refractivity contribution in [2.45, 2.75) is 20.8 Å². The van der Waals surface area contributed by atoms with E-state index in [1.54, 1.807) is 50.0 Å². The predicted octanol–water partition coefficient (Wildman–Crippen LogP) is 4.40. The summed E-state index contributed by atoms with van der Waals surface area (Å²) in [4.78, 5) is 31.3. The standard InChI is InChI=1S/C31H24FN5O2S/c1-31(2,3)28(38)25(17-33)30-37(24-13-11-22(32)12-14-24)29(39)26(40-30)16-21-19-36(23-9-5-4-6-10-23)35-27(21)20-8-7-15-34-18-20/h4-16,18-19H,1-3H3/b26-16+,30-25-. The Morgan fingerprint density at radius 2 is 1.75 bits per heavy atom. The highest BCUT2D eigenvalue weighted by Crippen LogP contribution is 2.24. The minimum atomic E-state index is -0.854. The van der Waals surface area contributed by atoms with Gasteiger partial charge in [0.25, 0.3) is 5.56 Å². The molecule has 0 aliphatic heterocycles. The van der Waals surface area contributed by atoms with Gasteiger partial charge >= 0.3 is 0 Å². The van der Waals surface area contributed by atoms with Gasteiger partial charge in [-0.3, -0.25) is 19.1 Å². The topological polar surface area (TPSA) is 93.6 Å². The second-order valence-corrected chi connectivity index (χ2v) is 11.1. The molecule has 0 saturated heterocycles. The van der Waals surface area contributed by atoms with Crippen LogP contribution in [0.25, 0.3) is 34.3 Å². The lowest BCUT2D eigenvalue weighted by Crippen LogP contribution is -2.33. The number of hydrogen-bond donors (Lipinski definition) is 0. The fourth-order valence-corrected chi connectivity index (χ4v) is 5.21. The molecule has 0 fully saturated rings. The van der Waals surface area contributed by atoms with E-state index in [0.717, 1.165) is 22.6 Å². The molecule has 3 heterocycles. The van der Waals surface area contributed by atoms with Gasteiger partial charge in [0.2, 0.25) is 0 Å². The Balaban J connectivity index is 1.83. The van der Waals surface area contributed by atoms with Gasteiger partial charge in [0.05, 0.1) is 15.9 Å². The second-order valence-electron chi connectivity index (χ2n) is 10.1. The number of halogens is 1. The number of carbonyl (C=O) groups is 1. The molecule has 0 amide bonds. The van der Waals surface area contributed by atoms with E-state index in [2.05, 4.69) is 4.98 Å². The zero-order valence-electron chi connectivity index (χ0n) is 22.0. The fourth-order valence-electron chi connectivity index (χ4n) is 4.12. The number of nitrogens with zero attached hydrogens (tertiary/aromatic N) is 5. The van der Waals surface area contributed by atoms with Gasteiger partial charge < -0.3 is 0 Å². The predicted molar refractivity (Wildman–Crippen MR) is 153 cm³/mol. The van der Waals surface area contributed by atoms with Gasteiger partial charge in [-0.2, -0.15) is 10.4 Å². The maximum absolute atomic E-state index is 13.9. The highest BCUT2D eigenvalue weighted by molar-refractivity contribution is 7.07. The van der Waals surface area contributed by atoms with Crippen LogP contribution in [-0.2, 0) is 4.79 Å². The molecule has 5 aromatic rings. The molecule has 7 nitrogen and oxygen atoms in total. The summed E-state index contributed by atoms with van der Waals surface area (Å²) in [7, 11) is 0. The van der Waals surface area contributed by atoms with Crippen molar-refractivity contribution in [1.82, 2.24) is 19.3 Å². The molecule has 5 rings (SSSR count). The van der Waals surface area contributed by atoms with Gasteiger partial charge in [-0.15, -0.1) is 11.3 Å². The zero-order valence-corrected chi connectivity index (χ0v) is 22.8. The van der Waals surface area contributed by atoms with Gasteiger partial charge in [-0.05, 0) is 54.6 Å². The largest absolute Gasteiger partial charge is 0.293 e. The van der Waals surface area contributed by atoms with Crippen LogP contribution in [0.3, 0.4) is 0 Å². The SMILES string of the molecule is CC(C)(C)C(=O)/C(C#N)=c1\s/c(=C/c2cn(-c3ccccc3)nc2-c2cccnc2)c(=O)n1-c1ccc(F)cc1. The van der Waals surface area contributed by atoms with Crippen LogP contribution >= 0.6 is 11.3 Å². The number of thiazole rings is 1. The van der Waals surface area contributed by atoms with E-state index in [0.29, 0.717) is 16.9 Å². The van der Waals surface area contributed by atoms with E-state index in [-0.39, 0.29) is 14.8 Å². The molecule has 0 bridgehead atoms. The third kappa shape index (κ3) is 5.17. The average Bonchev–Trinajstić information content (AvgIpc) is 3.51. The molecule has 0 aliphatic carbocycles. The fraction of sp³-hybridized carbons (Fsp3) is 0.129. The van der Waals surface area contributed by atoms with Gasteiger partial charge in [0, 0.05) is 35.1 Å². The maximum Gasteiger partial charge on any atom is 0.273 e. The van der Waals surface area contributed by atoms with Crippen molar-refractivity contribution >= 4 is 28.8 Å². The van der Waals surface area contributed by atoms with Crippen LogP contribution in [0.15, 0.2) is 90.1 Å². The van der Waals surface area contributed by atoms with Gasteiger partial charge in [0.15, 0.2) is 5.78 Å². The number of rotatable bonds is 5. The maximum atomic E-state index is 13.9. The monoisotopic (exact) mass is 549 g/mol. The second kappa shape index (κ2) is 10.7. The summed E-state index contributed by atoms with van der Waals surface area (Å²) in [5.74, 6) is -0.864. The molecule has 198 valence electrons. The van der Waals surface area contributed by atoms with E-state index in [1.165, 1.54) is 28.8 Å². The Morgan fingerprint density at radius 3 is 2.38 bits per heavy atom. The van der Waals surface area contributed by atoms with Gasteiger partial charge in [-0.25, -0.2) is 9.07 Å². The lowest BCUT2D eigenvalue weighted by Gasteiger charge is -2.15. The first-order chi connectivity index (χ1) is 19.2. The third-order valence-electron chi connectivity index (χ3n) is 6.13. The summed E-state index contributed by atoms with van der Waals surface area (Å²) in [5.41, 5.74) is 1.76. The Labute approximate surface area is 233 Å². The van der Waals surface area contributed by atoms with Crippen LogP contribution in [0.2, 0.25) is 0 Å². The minimum absolute atomic E-state index is 0.133. The first kappa shape index (κ1) is 26.7. The van der Waals surface area contributed by atoms with Crippen molar-refractivity contribution in [3.63, 3.8) is 0 Å². The van der Waals surface area contributed by atoms with E-state index in [1.807, 2.05) is 48.7 Å². The highest BCUT2D eigenvalue weighted by atomic mass is 32.1. The van der Waals surface area contributed by atoms with E-state index < -0.39 is 22.6 Å². The van der Waals surface area contributed by atoms with Crippen LogP contribution in [0.4, 0.5) is 4.39 Å². The van der Waals surface area contributed by atoms with E-state index >= 15 is 0 Å². The minimum Gasteiger partial charge on any atom is -0.293 e. The van der Waals surface area contributed by atoms with Crippen molar-refractivity contribution in [3.8, 4) is 28.7 Å². The van der Waals surface area contributed by atoms with Crippen molar-refractivity contribution < 1.29 is 9.18 Å². The van der Waals surface area contributed by atoms with Crippen molar-refractivity contribution in [1.29, 1.82) is 5.26 Å². The normalized spacial score (nSPS) is 12.7. The van der Waals surface area contributed by atoms with Crippen molar-refractivity contribution in [3.05, 3.63) is 116 Å². The Hall–Kier alpha value is -4.94.